The van der Waals surface area contributed by atoms with Gasteiger partial charge in [-0.15, -0.1) is 0 Å². The molecule has 3 N–H and O–H groups in total. The molecule has 1 amide bonds. The van der Waals surface area contributed by atoms with Crippen molar-refractivity contribution in [1.82, 2.24) is 10.2 Å². The molecule has 0 aliphatic heterocycles. The number of aliphatic carboxylic acids is 2. The first kappa shape index (κ1) is 24.3. The second-order valence-electron chi connectivity index (χ2n) is 6.48. The molecule has 0 aromatic rings. The summed E-state index contributed by atoms with van der Waals surface area (Å²) in [6, 6.07) is -0.864. The highest BCUT2D eigenvalue weighted by Crippen LogP contribution is 2.10. The molecule has 0 saturated heterocycles. The van der Waals surface area contributed by atoms with E-state index in [4.69, 9.17) is 9.84 Å². The highest BCUT2D eigenvalue weighted by atomic mass is 16.5. The zero-order chi connectivity index (χ0) is 20.1. The average Bonchev–Trinajstić information content (AvgIpc) is 2.57. The first-order valence-corrected chi connectivity index (χ1v) is 9.34. The van der Waals surface area contributed by atoms with Gasteiger partial charge in [-0.3, -0.25) is 14.5 Å². The number of carboxylic acids is 2. The van der Waals surface area contributed by atoms with Gasteiger partial charge in [0.15, 0.2) is 6.10 Å². The summed E-state index contributed by atoms with van der Waals surface area (Å²) >= 11 is 0. The van der Waals surface area contributed by atoms with E-state index in [9.17, 15) is 19.5 Å². The van der Waals surface area contributed by atoms with Crippen molar-refractivity contribution >= 4 is 17.8 Å². The van der Waals surface area contributed by atoms with Crippen molar-refractivity contribution < 1.29 is 29.3 Å². The van der Waals surface area contributed by atoms with Gasteiger partial charge in [0.25, 0.3) is 0 Å². The Labute approximate surface area is 155 Å². The molecule has 0 aliphatic carbocycles. The molecule has 3 atom stereocenters. The van der Waals surface area contributed by atoms with Gasteiger partial charge in [-0.2, -0.15) is 0 Å². The van der Waals surface area contributed by atoms with Gasteiger partial charge in [0.1, 0.15) is 12.3 Å². The molecule has 26 heavy (non-hydrogen) atoms. The monoisotopic (exact) mass is 374 g/mol. The number of nitrogens with zero attached hydrogens (tertiary/aromatic N) is 1. The van der Waals surface area contributed by atoms with E-state index in [1.165, 1.54) is 25.2 Å². The Morgan fingerprint density at radius 3 is 2.15 bits per heavy atom. The minimum absolute atomic E-state index is 0.0584. The van der Waals surface area contributed by atoms with Crippen molar-refractivity contribution in [2.45, 2.75) is 84.6 Å². The molecule has 0 spiro atoms. The second-order valence-corrected chi connectivity index (χ2v) is 6.48. The third kappa shape index (κ3) is 10.4. The zero-order valence-corrected chi connectivity index (χ0v) is 16.4. The third-order valence-corrected chi connectivity index (χ3v) is 4.27. The Balaban J connectivity index is 4.41. The van der Waals surface area contributed by atoms with Crippen LogP contribution < -0.4 is 5.32 Å². The van der Waals surface area contributed by atoms with E-state index in [-0.39, 0.29) is 19.0 Å². The van der Waals surface area contributed by atoms with Crippen LogP contribution in [0.25, 0.3) is 0 Å². The van der Waals surface area contributed by atoms with Crippen LogP contribution in [0, 0.1) is 0 Å². The Kier molecular flexibility index (Phi) is 12.7. The van der Waals surface area contributed by atoms with E-state index in [0.29, 0.717) is 6.42 Å². The smallest absolute Gasteiger partial charge is 0.332 e. The van der Waals surface area contributed by atoms with E-state index in [1.807, 2.05) is 0 Å². The highest BCUT2D eigenvalue weighted by Gasteiger charge is 2.28. The predicted molar refractivity (Wildman–Crippen MR) is 97.8 cm³/mol. The lowest BCUT2D eigenvalue weighted by molar-refractivity contribution is -0.166. The molecule has 152 valence electrons. The number of carbonyl (C=O) groups is 3. The van der Waals surface area contributed by atoms with Crippen molar-refractivity contribution in [2.24, 2.45) is 0 Å². The topological polar surface area (TPSA) is 116 Å². The Morgan fingerprint density at radius 2 is 1.62 bits per heavy atom. The van der Waals surface area contributed by atoms with Crippen LogP contribution in [0.5, 0.6) is 0 Å². The van der Waals surface area contributed by atoms with Crippen molar-refractivity contribution in [2.75, 3.05) is 13.1 Å². The molecule has 0 aromatic carbocycles. The molecule has 8 heteroatoms. The molecule has 8 nitrogen and oxygen atoms in total. The fourth-order valence-electron chi connectivity index (χ4n) is 2.57. The van der Waals surface area contributed by atoms with E-state index in [1.54, 1.807) is 6.92 Å². The van der Waals surface area contributed by atoms with Gasteiger partial charge < -0.3 is 20.3 Å². The lowest BCUT2D eigenvalue weighted by atomic mass is 10.1. The molecular formula is C18H34N2O6. The van der Waals surface area contributed by atoms with E-state index in [0.717, 1.165) is 25.7 Å². The first-order valence-electron chi connectivity index (χ1n) is 9.34. The van der Waals surface area contributed by atoms with Crippen LogP contribution in [0.2, 0.25) is 0 Å². The van der Waals surface area contributed by atoms with Crippen LogP contribution in [0.4, 0.5) is 0 Å². The fourth-order valence-corrected chi connectivity index (χ4v) is 2.57. The van der Waals surface area contributed by atoms with Crippen LogP contribution in [0.3, 0.4) is 0 Å². The maximum Gasteiger partial charge on any atom is 0.332 e. The first-order chi connectivity index (χ1) is 12.2. The minimum atomic E-state index is -1.11. The second kappa shape index (κ2) is 13.5. The molecule has 3 unspecified atom stereocenters. The maximum atomic E-state index is 11.8. The Hall–Kier alpha value is -1.67. The third-order valence-electron chi connectivity index (χ3n) is 4.27. The summed E-state index contributed by atoms with van der Waals surface area (Å²) in [6.07, 6.45) is 4.04. The van der Waals surface area contributed by atoms with Gasteiger partial charge in [-0.05, 0) is 27.2 Å². The summed E-state index contributed by atoms with van der Waals surface area (Å²) in [4.78, 5) is 35.6. The zero-order valence-electron chi connectivity index (χ0n) is 16.4. The van der Waals surface area contributed by atoms with E-state index < -0.39 is 30.3 Å². The fraction of sp³-hybridized carbons (Fsp3) is 0.833. The van der Waals surface area contributed by atoms with Gasteiger partial charge in [-0.25, -0.2) is 4.79 Å². The number of unbranched alkanes of at least 4 members (excludes halogenated alkanes) is 4. The summed E-state index contributed by atoms with van der Waals surface area (Å²) in [5, 5.41) is 21.0. The summed E-state index contributed by atoms with van der Waals surface area (Å²) in [6.45, 7) is 7.17. The number of carboxylic acid groups (broad SMARTS) is 2. The van der Waals surface area contributed by atoms with Crippen molar-refractivity contribution in [3.63, 3.8) is 0 Å². The average molecular weight is 374 g/mol. The summed E-state index contributed by atoms with van der Waals surface area (Å²) < 4.78 is 5.36. The molecule has 0 aliphatic rings. The Morgan fingerprint density at radius 1 is 1.00 bits per heavy atom. The lowest BCUT2D eigenvalue weighted by Crippen LogP contribution is -2.50. The van der Waals surface area contributed by atoms with Crippen LogP contribution in [-0.4, -0.2) is 64.4 Å². The number of ether oxygens (including phenoxy) is 1. The largest absolute Gasteiger partial charge is 0.480 e. The normalized spacial score (nSPS) is 14.7. The predicted octanol–water partition coefficient (Wildman–Crippen LogP) is 2.07. The summed E-state index contributed by atoms with van der Waals surface area (Å²) in [5.41, 5.74) is 0. The molecule has 0 bridgehead atoms. The number of amides is 1. The summed E-state index contributed by atoms with van der Waals surface area (Å²) in [5.74, 6) is -2.21. The van der Waals surface area contributed by atoms with Crippen LogP contribution in [0.15, 0.2) is 0 Å². The van der Waals surface area contributed by atoms with Gasteiger partial charge in [0.2, 0.25) is 5.91 Å². The number of carbonyl (C=O) groups excluding carboxylic acids is 1. The van der Waals surface area contributed by atoms with Gasteiger partial charge >= 0.3 is 11.9 Å². The number of nitrogens with one attached hydrogen (secondary N) is 1. The van der Waals surface area contributed by atoms with E-state index in [2.05, 4.69) is 12.2 Å². The minimum Gasteiger partial charge on any atom is -0.480 e. The maximum absolute atomic E-state index is 11.8. The Bertz CT molecular complexity index is 443. The molecule has 0 radical (unpaired) electrons. The molecule has 0 fully saturated rings. The standard InChI is InChI=1S/C18H34N2O6/c1-5-6-7-8-9-10-16(21)19-11-12-20(13(2)17(22)23)15(4)26-14(3)18(24)25/h13-15H,5-12H2,1-4H3,(H,19,21)(H,22,23)(H,24,25). The lowest BCUT2D eigenvalue weighted by Gasteiger charge is -2.33. The van der Waals surface area contributed by atoms with E-state index >= 15 is 0 Å². The van der Waals surface area contributed by atoms with Crippen molar-refractivity contribution in [1.29, 1.82) is 0 Å². The molecular weight excluding hydrogens is 340 g/mol. The van der Waals surface area contributed by atoms with Gasteiger partial charge in [0.05, 0.1) is 0 Å². The molecule has 0 saturated carbocycles. The molecule has 0 rings (SSSR count). The van der Waals surface area contributed by atoms with Crippen molar-refractivity contribution in [3.05, 3.63) is 0 Å². The van der Waals surface area contributed by atoms with Gasteiger partial charge in [0, 0.05) is 19.5 Å². The molecule has 0 heterocycles. The van der Waals surface area contributed by atoms with Gasteiger partial charge in [-0.1, -0.05) is 32.6 Å². The van der Waals surface area contributed by atoms with Crippen LogP contribution in [-0.2, 0) is 19.1 Å². The van der Waals surface area contributed by atoms with Crippen LogP contribution in [0.1, 0.15) is 66.2 Å². The van der Waals surface area contributed by atoms with Crippen LogP contribution >= 0.6 is 0 Å². The highest BCUT2D eigenvalue weighted by molar-refractivity contribution is 5.76. The van der Waals surface area contributed by atoms with Crippen molar-refractivity contribution in [3.8, 4) is 0 Å². The quantitative estimate of drug-likeness (QED) is 0.297. The SMILES string of the molecule is CCCCCCCC(=O)NCCN(C(C)OC(C)C(=O)O)C(C)C(=O)O. The number of hydrogen-bond acceptors (Lipinski definition) is 5. The number of rotatable bonds is 15. The summed E-state index contributed by atoms with van der Waals surface area (Å²) in [7, 11) is 0. The number of hydrogen-bond donors (Lipinski definition) is 3. The molecule has 0 aromatic heterocycles.